The van der Waals surface area contributed by atoms with Crippen molar-refractivity contribution in [1.82, 2.24) is 4.57 Å². The van der Waals surface area contributed by atoms with E-state index in [0.29, 0.717) is 0 Å². The minimum atomic E-state index is -0.0321. The van der Waals surface area contributed by atoms with Gasteiger partial charge in [0.2, 0.25) is 0 Å². The van der Waals surface area contributed by atoms with Gasteiger partial charge < -0.3 is 18.8 Å². The number of benzene rings is 6. The fraction of sp³-hybridized carbons (Fsp3) is 0. The highest BCUT2D eigenvalue weighted by Gasteiger charge is 2.47. The molecule has 0 bridgehead atoms. The molecule has 0 radical (unpaired) electrons. The van der Waals surface area contributed by atoms with Gasteiger partial charge in [0, 0.05) is 32.7 Å². The number of hydrogen-bond acceptors (Lipinski definition) is 3. The predicted octanol–water partition coefficient (Wildman–Crippen LogP) is 7.28. The van der Waals surface area contributed by atoms with Crippen molar-refractivity contribution in [3.8, 4) is 51.3 Å². The van der Waals surface area contributed by atoms with Crippen LogP contribution in [0.25, 0.3) is 38.6 Å². The van der Waals surface area contributed by atoms with Crippen molar-refractivity contribution in [3.05, 3.63) is 121 Å². The van der Waals surface area contributed by atoms with Crippen molar-refractivity contribution in [3.63, 3.8) is 0 Å². The van der Waals surface area contributed by atoms with Crippen molar-refractivity contribution < 1.29 is 14.2 Å². The zero-order valence-corrected chi connectivity index (χ0v) is 21.8. The van der Waals surface area contributed by atoms with Crippen molar-refractivity contribution in [2.24, 2.45) is 0 Å². The molecule has 0 unspecified atom stereocenters. The molecule has 0 saturated carbocycles. The highest BCUT2D eigenvalue weighted by Crippen LogP contribution is 2.46. The summed E-state index contributed by atoms with van der Waals surface area (Å²) in [6, 6.07) is 42.2. The van der Waals surface area contributed by atoms with E-state index in [1.807, 2.05) is 36.4 Å². The van der Waals surface area contributed by atoms with Gasteiger partial charge in [0.25, 0.3) is 6.71 Å². The number of para-hydroxylation sites is 2. The third-order valence-electron chi connectivity index (χ3n) is 8.73. The molecule has 10 rings (SSSR count). The van der Waals surface area contributed by atoms with Crippen LogP contribution in [0.4, 0.5) is 0 Å². The fourth-order valence-corrected chi connectivity index (χ4v) is 7.09. The van der Waals surface area contributed by atoms with E-state index >= 15 is 0 Å². The van der Waals surface area contributed by atoms with E-state index in [2.05, 4.69) is 89.5 Å². The summed E-state index contributed by atoms with van der Waals surface area (Å²) in [5.74, 6) is 4.98. The lowest BCUT2D eigenvalue weighted by Crippen LogP contribution is -2.59. The van der Waals surface area contributed by atoms with Crippen LogP contribution in [-0.4, -0.2) is 11.3 Å². The molecule has 4 nitrogen and oxygen atoms in total. The molecule has 5 heteroatoms. The van der Waals surface area contributed by atoms with Crippen molar-refractivity contribution in [2.75, 3.05) is 0 Å². The Kier molecular flexibility index (Phi) is 3.98. The summed E-state index contributed by atoms with van der Waals surface area (Å²) >= 11 is 0. The summed E-state index contributed by atoms with van der Waals surface area (Å²) < 4.78 is 22.1. The molecule has 0 atom stereocenters. The topological polar surface area (TPSA) is 32.6 Å². The van der Waals surface area contributed by atoms with Crippen LogP contribution in [0.15, 0.2) is 121 Å². The summed E-state index contributed by atoms with van der Waals surface area (Å²) in [5.41, 5.74) is 8.81. The SMILES string of the molecule is c1ccc(-c2cccc3c4ccccc4n(-c4ccc5c6c4Oc4cccc7c4B6c4c(cccc4O5)O7)c23)cc1. The maximum absolute atomic E-state index is 6.87. The van der Waals surface area contributed by atoms with E-state index in [1.165, 1.54) is 21.9 Å². The van der Waals surface area contributed by atoms with E-state index in [9.17, 15) is 0 Å². The van der Waals surface area contributed by atoms with Crippen LogP contribution >= 0.6 is 0 Å². The zero-order chi connectivity index (χ0) is 26.7. The molecule has 7 aromatic rings. The van der Waals surface area contributed by atoms with Crippen LogP contribution < -0.4 is 30.6 Å². The van der Waals surface area contributed by atoms with E-state index in [4.69, 9.17) is 14.2 Å². The molecule has 0 N–H and O–H groups in total. The lowest BCUT2D eigenvalue weighted by Gasteiger charge is -2.38. The first-order valence-electron chi connectivity index (χ1n) is 13.9. The predicted molar refractivity (Wildman–Crippen MR) is 164 cm³/mol. The number of aromatic nitrogens is 1. The first-order valence-corrected chi connectivity index (χ1v) is 13.9. The Hall–Kier alpha value is -5.42. The Morgan fingerprint density at radius 2 is 1.07 bits per heavy atom. The second-order valence-corrected chi connectivity index (χ2v) is 10.8. The van der Waals surface area contributed by atoms with Gasteiger partial charge >= 0.3 is 0 Å². The standard InChI is InChI=1S/C36H20BNO3/c1-2-9-21(10-3-1)22-12-6-13-24-23-11-4-5-14-25(23)38(35(22)24)26-19-20-31-34-36(26)41-30-18-8-17-29-33(30)37(34)32-27(39-29)15-7-16-28(32)40-31/h1-20H. The molecule has 3 aliphatic heterocycles. The number of fused-ring (bicyclic) bond motifs is 3. The summed E-state index contributed by atoms with van der Waals surface area (Å²) in [6.07, 6.45) is 0. The monoisotopic (exact) mass is 525 g/mol. The Morgan fingerprint density at radius 1 is 0.463 bits per heavy atom. The number of ether oxygens (including phenoxy) is 3. The smallest absolute Gasteiger partial charge is 0.270 e. The molecular formula is C36H20BNO3. The van der Waals surface area contributed by atoms with Crippen LogP contribution in [0.1, 0.15) is 0 Å². The summed E-state index contributed by atoms with van der Waals surface area (Å²) in [6.45, 7) is -0.0321. The number of rotatable bonds is 2. The average Bonchev–Trinajstić information content (AvgIpc) is 3.36. The van der Waals surface area contributed by atoms with Gasteiger partial charge in [0.1, 0.15) is 34.5 Å². The largest absolute Gasteiger partial charge is 0.458 e. The lowest BCUT2D eigenvalue weighted by atomic mass is 9.34. The summed E-state index contributed by atoms with van der Waals surface area (Å²) in [5, 5.41) is 2.42. The lowest BCUT2D eigenvalue weighted by molar-refractivity contribution is 0.442. The molecule has 6 aromatic carbocycles. The third kappa shape index (κ3) is 2.70. The molecule has 41 heavy (non-hydrogen) atoms. The van der Waals surface area contributed by atoms with Gasteiger partial charge in [-0.2, -0.15) is 0 Å². The second kappa shape index (κ2) is 7.61. The van der Waals surface area contributed by atoms with Gasteiger partial charge in [0.05, 0.1) is 16.7 Å². The van der Waals surface area contributed by atoms with Crippen molar-refractivity contribution in [2.45, 2.75) is 0 Å². The molecule has 0 spiro atoms. The van der Waals surface area contributed by atoms with Gasteiger partial charge in [-0.15, -0.1) is 0 Å². The molecule has 0 amide bonds. The molecule has 3 aliphatic rings. The Balaban J connectivity index is 1.34. The highest BCUT2D eigenvalue weighted by atomic mass is 16.5. The number of nitrogens with zero attached hydrogens (tertiary/aromatic N) is 1. The second-order valence-electron chi connectivity index (χ2n) is 10.8. The van der Waals surface area contributed by atoms with Crippen molar-refractivity contribution >= 4 is 44.9 Å². The quantitative estimate of drug-likeness (QED) is 0.222. The molecule has 0 fully saturated rings. The maximum atomic E-state index is 6.87. The van der Waals surface area contributed by atoms with Crippen LogP contribution in [0, 0.1) is 0 Å². The Bertz CT molecular complexity index is 2220. The highest BCUT2D eigenvalue weighted by molar-refractivity contribution is 6.99. The Labute approximate surface area is 236 Å². The molecule has 0 saturated heterocycles. The van der Waals surface area contributed by atoms with Crippen LogP contribution in [0.3, 0.4) is 0 Å². The first-order chi connectivity index (χ1) is 20.3. The van der Waals surface area contributed by atoms with E-state index in [0.717, 1.165) is 67.6 Å². The molecule has 0 aliphatic carbocycles. The van der Waals surface area contributed by atoms with Gasteiger partial charge in [-0.1, -0.05) is 78.9 Å². The maximum Gasteiger partial charge on any atom is 0.270 e. The van der Waals surface area contributed by atoms with E-state index in [1.54, 1.807) is 0 Å². The summed E-state index contributed by atoms with van der Waals surface area (Å²) in [7, 11) is 0. The van der Waals surface area contributed by atoms with Crippen LogP contribution in [0.5, 0.6) is 34.5 Å². The van der Waals surface area contributed by atoms with Crippen LogP contribution in [0.2, 0.25) is 0 Å². The molecule has 190 valence electrons. The normalized spacial score (nSPS) is 13.4. The van der Waals surface area contributed by atoms with E-state index in [-0.39, 0.29) is 6.71 Å². The molecule has 4 heterocycles. The zero-order valence-electron chi connectivity index (χ0n) is 21.8. The minimum absolute atomic E-state index is 0.0321. The van der Waals surface area contributed by atoms with E-state index < -0.39 is 0 Å². The fourth-order valence-electron chi connectivity index (χ4n) is 7.09. The molecule has 1 aromatic heterocycles. The minimum Gasteiger partial charge on any atom is -0.458 e. The molecular weight excluding hydrogens is 505 g/mol. The third-order valence-corrected chi connectivity index (χ3v) is 8.73. The average molecular weight is 525 g/mol. The van der Waals surface area contributed by atoms with Gasteiger partial charge in [-0.05, 0) is 48.0 Å². The number of hydrogen-bond donors (Lipinski definition) is 0. The Morgan fingerprint density at radius 3 is 1.83 bits per heavy atom. The van der Waals surface area contributed by atoms with Gasteiger partial charge in [0.15, 0.2) is 0 Å². The van der Waals surface area contributed by atoms with Gasteiger partial charge in [-0.3, -0.25) is 0 Å². The van der Waals surface area contributed by atoms with Crippen molar-refractivity contribution in [1.29, 1.82) is 0 Å². The van der Waals surface area contributed by atoms with Crippen LogP contribution in [-0.2, 0) is 0 Å². The first kappa shape index (κ1) is 21.4. The summed E-state index contributed by atoms with van der Waals surface area (Å²) in [4.78, 5) is 0. The van der Waals surface area contributed by atoms with Gasteiger partial charge in [-0.25, -0.2) is 0 Å².